The SMILES string of the molecule is FC(F)(F)C(c1ccccc1)(c1ccccc1)C1CC2CCC1C2. The number of alkyl halides is 3. The third kappa shape index (κ3) is 2.21. The summed E-state index contributed by atoms with van der Waals surface area (Å²) in [5.41, 5.74) is -1.11. The molecule has 2 fully saturated rings. The average Bonchev–Trinajstić information content (AvgIpc) is 3.20. The fourth-order valence-corrected chi connectivity index (χ4v) is 5.31. The van der Waals surface area contributed by atoms with E-state index in [0.29, 0.717) is 23.5 Å². The van der Waals surface area contributed by atoms with Crippen LogP contribution in [0.3, 0.4) is 0 Å². The Morgan fingerprint density at radius 1 is 0.708 bits per heavy atom. The first-order valence-electron chi connectivity index (χ1n) is 8.71. The lowest BCUT2D eigenvalue weighted by molar-refractivity contribution is -0.198. The van der Waals surface area contributed by atoms with Crippen LogP contribution in [0.15, 0.2) is 60.7 Å². The van der Waals surface area contributed by atoms with Gasteiger partial charge >= 0.3 is 6.18 Å². The quantitative estimate of drug-likeness (QED) is 0.650. The van der Waals surface area contributed by atoms with Gasteiger partial charge in [-0.1, -0.05) is 67.1 Å². The Morgan fingerprint density at radius 3 is 1.62 bits per heavy atom. The lowest BCUT2D eigenvalue weighted by atomic mass is 9.60. The van der Waals surface area contributed by atoms with E-state index in [-0.39, 0.29) is 11.8 Å². The molecule has 3 heteroatoms. The zero-order chi connectivity index (χ0) is 16.8. The van der Waals surface area contributed by atoms with Crippen LogP contribution in [-0.4, -0.2) is 6.18 Å². The first-order chi connectivity index (χ1) is 11.5. The predicted octanol–water partition coefficient (Wildman–Crippen LogP) is 5.97. The largest absolute Gasteiger partial charge is 0.402 e. The van der Waals surface area contributed by atoms with E-state index in [9.17, 15) is 13.2 Å². The molecule has 0 spiro atoms. The van der Waals surface area contributed by atoms with E-state index in [1.165, 1.54) is 0 Å². The summed E-state index contributed by atoms with van der Waals surface area (Å²) in [5, 5.41) is 0. The maximum absolute atomic E-state index is 14.7. The number of hydrogen-bond donors (Lipinski definition) is 0. The second-order valence-electron chi connectivity index (χ2n) is 7.32. The molecule has 2 bridgehead atoms. The third-order valence-electron chi connectivity index (χ3n) is 6.20. The van der Waals surface area contributed by atoms with Crippen LogP contribution in [0.25, 0.3) is 0 Å². The molecule has 126 valence electrons. The van der Waals surface area contributed by atoms with Crippen molar-refractivity contribution >= 4 is 0 Å². The summed E-state index contributed by atoms with van der Waals surface area (Å²) in [4.78, 5) is 0. The summed E-state index contributed by atoms with van der Waals surface area (Å²) < 4.78 is 44.2. The maximum atomic E-state index is 14.7. The van der Waals surface area contributed by atoms with Crippen LogP contribution in [0.1, 0.15) is 36.8 Å². The Morgan fingerprint density at radius 2 is 1.25 bits per heavy atom. The van der Waals surface area contributed by atoms with Crippen molar-refractivity contribution in [3.8, 4) is 0 Å². The van der Waals surface area contributed by atoms with Gasteiger partial charge in [0.25, 0.3) is 0 Å². The summed E-state index contributed by atoms with van der Waals surface area (Å²) in [6.45, 7) is 0. The summed E-state index contributed by atoms with van der Waals surface area (Å²) in [6, 6.07) is 17.1. The molecule has 0 radical (unpaired) electrons. The number of benzene rings is 2. The molecule has 0 nitrogen and oxygen atoms in total. The van der Waals surface area contributed by atoms with Crippen molar-refractivity contribution in [3.05, 3.63) is 71.8 Å². The van der Waals surface area contributed by atoms with Gasteiger partial charge in [0.15, 0.2) is 0 Å². The minimum atomic E-state index is -4.31. The summed E-state index contributed by atoms with van der Waals surface area (Å²) in [5.74, 6) is 0.284. The second kappa shape index (κ2) is 5.65. The minimum absolute atomic E-state index is 0.178. The normalized spacial score (nSPS) is 26.7. The highest BCUT2D eigenvalue weighted by Gasteiger charge is 2.65. The Bertz CT molecular complexity index is 651. The highest BCUT2D eigenvalue weighted by Crippen LogP contribution is 2.62. The minimum Gasteiger partial charge on any atom is -0.170 e. The van der Waals surface area contributed by atoms with E-state index in [1.54, 1.807) is 60.7 Å². The molecule has 3 unspecified atom stereocenters. The second-order valence-corrected chi connectivity index (χ2v) is 7.32. The smallest absolute Gasteiger partial charge is 0.170 e. The van der Waals surface area contributed by atoms with E-state index < -0.39 is 11.6 Å². The first kappa shape index (κ1) is 15.7. The summed E-state index contributed by atoms with van der Waals surface area (Å²) in [7, 11) is 0. The van der Waals surface area contributed by atoms with Crippen LogP contribution >= 0.6 is 0 Å². The fourth-order valence-electron chi connectivity index (χ4n) is 5.31. The van der Waals surface area contributed by atoms with Gasteiger partial charge in [-0.25, -0.2) is 0 Å². The Labute approximate surface area is 140 Å². The fraction of sp³-hybridized carbons (Fsp3) is 0.429. The monoisotopic (exact) mass is 330 g/mol. The molecule has 2 aromatic carbocycles. The van der Waals surface area contributed by atoms with Crippen LogP contribution in [0.4, 0.5) is 13.2 Å². The number of rotatable bonds is 3. The van der Waals surface area contributed by atoms with E-state index >= 15 is 0 Å². The standard InChI is InChI=1S/C21H21F3/c22-21(23,24)20(17-7-3-1-4-8-17,18-9-5-2-6-10-18)19-14-15-11-12-16(19)13-15/h1-10,15-16,19H,11-14H2. The molecule has 2 aliphatic carbocycles. The van der Waals surface area contributed by atoms with E-state index in [1.807, 2.05) is 0 Å². The molecule has 4 rings (SSSR count). The zero-order valence-corrected chi connectivity index (χ0v) is 13.5. The van der Waals surface area contributed by atoms with Gasteiger partial charge in [-0.05, 0) is 48.1 Å². The number of halogens is 3. The molecule has 24 heavy (non-hydrogen) atoms. The number of hydrogen-bond acceptors (Lipinski definition) is 0. The molecule has 2 saturated carbocycles. The van der Waals surface area contributed by atoms with Crippen LogP contribution in [0, 0.1) is 17.8 Å². The summed E-state index contributed by atoms with van der Waals surface area (Å²) in [6.07, 6.45) is -0.632. The zero-order valence-electron chi connectivity index (χ0n) is 13.5. The third-order valence-corrected chi connectivity index (χ3v) is 6.20. The van der Waals surface area contributed by atoms with Crippen molar-refractivity contribution < 1.29 is 13.2 Å². The van der Waals surface area contributed by atoms with Gasteiger partial charge < -0.3 is 0 Å². The molecule has 3 atom stereocenters. The van der Waals surface area contributed by atoms with Crippen molar-refractivity contribution in [1.82, 2.24) is 0 Å². The van der Waals surface area contributed by atoms with Gasteiger partial charge in [-0.2, -0.15) is 13.2 Å². The molecule has 2 aromatic rings. The molecular weight excluding hydrogens is 309 g/mol. The van der Waals surface area contributed by atoms with E-state index in [0.717, 1.165) is 19.3 Å². The van der Waals surface area contributed by atoms with Crippen LogP contribution in [0.2, 0.25) is 0 Å². The van der Waals surface area contributed by atoms with Crippen LogP contribution < -0.4 is 0 Å². The Hall–Kier alpha value is -1.77. The molecule has 0 amide bonds. The van der Waals surface area contributed by atoms with Gasteiger partial charge in [0.2, 0.25) is 0 Å². The Kier molecular flexibility index (Phi) is 3.70. The molecule has 0 saturated heterocycles. The molecule has 2 aliphatic rings. The molecule has 0 aliphatic heterocycles. The first-order valence-corrected chi connectivity index (χ1v) is 8.71. The summed E-state index contributed by atoms with van der Waals surface area (Å²) >= 11 is 0. The van der Waals surface area contributed by atoms with Crippen molar-refractivity contribution in [2.75, 3.05) is 0 Å². The van der Waals surface area contributed by atoms with Crippen LogP contribution in [-0.2, 0) is 5.41 Å². The average molecular weight is 330 g/mol. The Balaban J connectivity index is 1.97. The van der Waals surface area contributed by atoms with E-state index in [2.05, 4.69) is 0 Å². The lowest BCUT2D eigenvalue weighted by Gasteiger charge is -2.45. The molecule has 0 N–H and O–H groups in total. The van der Waals surface area contributed by atoms with Crippen molar-refractivity contribution in [2.45, 2.75) is 37.3 Å². The van der Waals surface area contributed by atoms with Gasteiger partial charge in [-0.3, -0.25) is 0 Å². The molecular formula is C21H21F3. The van der Waals surface area contributed by atoms with E-state index in [4.69, 9.17) is 0 Å². The maximum Gasteiger partial charge on any atom is 0.402 e. The molecule has 0 heterocycles. The molecule has 0 aromatic heterocycles. The van der Waals surface area contributed by atoms with Crippen molar-refractivity contribution in [3.63, 3.8) is 0 Å². The highest BCUT2D eigenvalue weighted by atomic mass is 19.4. The van der Waals surface area contributed by atoms with Crippen molar-refractivity contribution in [2.24, 2.45) is 17.8 Å². The van der Waals surface area contributed by atoms with Crippen LogP contribution in [0.5, 0.6) is 0 Å². The topological polar surface area (TPSA) is 0 Å². The predicted molar refractivity (Wildman–Crippen MR) is 88.7 cm³/mol. The van der Waals surface area contributed by atoms with Crippen molar-refractivity contribution in [1.29, 1.82) is 0 Å². The highest BCUT2D eigenvalue weighted by molar-refractivity contribution is 5.43. The van der Waals surface area contributed by atoms with Gasteiger partial charge in [0.1, 0.15) is 5.41 Å². The lowest BCUT2D eigenvalue weighted by Crippen LogP contribution is -2.51. The number of fused-ring (bicyclic) bond motifs is 2. The van der Waals surface area contributed by atoms with Gasteiger partial charge in [0.05, 0.1) is 0 Å². The van der Waals surface area contributed by atoms with Gasteiger partial charge in [-0.15, -0.1) is 0 Å². The van der Waals surface area contributed by atoms with Gasteiger partial charge in [0, 0.05) is 0 Å².